The molecule has 1 heterocycles. The first-order valence-corrected chi connectivity index (χ1v) is 6.23. The molecule has 0 aromatic heterocycles. The molecule has 0 aromatic rings. The molecule has 0 unspecified atom stereocenters. The van der Waals surface area contributed by atoms with Crippen LogP contribution in [-0.4, -0.2) is 43.8 Å². The molecule has 1 aliphatic carbocycles. The van der Waals surface area contributed by atoms with Crippen LogP contribution in [0.5, 0.6) is 0 Å². The van der Waals surface area contributed by atoms with Crippen LogP contribution in [0.2, 0.25) is 0 Å². The van der Waals surface area contributed by atoms with Crippen LogP contribution in [0.3, 0.4) is 0 Å². The van der Waals surface area contributed by atoms with Crippen LogP contribution in [0.1, 0.15) is 25.7 Å². The minimum absolute atomic E-state index is 0.598. The van der Waals surface area contributed by atoms with Gasteiger partial charge in [0.15, 0.2) is 0 Å². The lowest BCUT2D eigenvalue weighted by atomic mass is 10.1. The van der Waals surface area contributed by atoms with E-state index in [1.54, 1.807) is 0 Å². The van der Waals surface area contributed by atoms with Crippen molar-refractivity contribution in [3.63, 3.8) is 0 Å². The van der Waals surface area contributed by atoms with Crippen LogP contribution in [0.25, 0.3) is 10.4 Å². The molecule has 0 aromatic carbocycles. The third kappa shape index (κ3) is 3.67. The normalized spacial score (nSPS) is 22.1. The highest BCUT2D eigenvalue weighted by atomic mass is 16.5. The second-order valence-corrected chi connectivity index (χ2v) is 4.74. The highest BCUT2D eigenvalue weighted by Crippen LogP contribution is 2.31. The Bertz CT molecular complexity index is 255. The van der Waals surface area contributed by atoms with Crippen LogP contribution in [0.15, 0.2) is 5.11 Å². The highest BCUT2D eigenvalue weighted by molar-refractivity contribution is 4.82. The molecule has 2 fully saturated rings. The first-order chi connectivity index (χ1) is 7.90. The van der Waals surface area contributed by atoms with E-state index in [-0.39, 0.29) is 0 Å². The maximum Gasteiger partial charge on any atom is 0.0480 e. The fourth-order valence-corrected chi connectivity index (χ4v) is 2.32. The van der Waals surface area contributed by atoms with E-state index in [2.05, 4.69) is 14.9 Å². The third-order valence-electron chi connectivity index (χ3n) is 3.45. The zero-order valence-electron chi connectivity index (χ0n) is 9.72. The van der Waals surface area contributed by atoms with Gasteiger partial charge in [0.25, 0.3) is 0 Å². The topological polar surface area (TPSA) is 61.2 Å². The maximum atomic E-state index is 8.30. The molecule has 16 heavy (non-hydrogen) atoms. The molecular weight excluding hydrogens is 204 g/mol. The Labute approximate surface area is 96.4 Å². The summed E-state index contributed by atoms with van der Waals surface area (Å²) in [5.41, 5.74) is 8.30. The smallest absolute Gasteiger partial charge is 0.0480 e. The number of hydrogen-bond acceptors (Lipinski definition) is 3. The maximum absolute atomic E-state index is 8.30. The molecule has 1 saturated heterocycles. The molecule has 0 radical (unpaired) electrons. The lowest BCUT2D eigenvalue weighted by Gasteiger charge is -2.34. The van der Waals surface area contributed by atoms with Crippen molar-refractivity contribution in [1.82, 2.24) is 4.90 Å². The molecule has 0 N–H and O–H groups in total. The molecule has 0 atom stereocenters. The molecule has 1 saturated carbocycles. The predicted octanol–water partition coefficient (Wildman–Crippen LogP) is 2.19. The van der Waals surface area contributed by atoms with Gasteiger partial charge in [-0.05, 0) is 37.1 Å². The monoisotopic (exact) mass is 224 g/mol. The van der Waals surface area contributed by atoms with Crippen molar-refractivity contribution in [3.8, 4) is 0 Å². The van der Waals surface area contributed by atoms with Crippen molar-refractivity contribution in [2.75, 3.05) is 32.8 Å². The number of azide groups is 1. The van der Waals surface area contributed by atoms with E-state index in [0.29, 0.717) is 12.6 Å². The molecular formula is C11H20N4O. The van der Waals surface area contributed by atoms with E-state index in [0.717, 1.165) is 38.5 Å². The second-order valence-electron chi connectivity index (χ2n) is 4.74. The zero-order chi connectivity index (χ0) is 11.2. The molecule has 1 aliphatic heterocycles. The van der Waals surface area contributed by atoms with Crippen LogP contribution < -0.4 is 0 Å². The molecule has 5 nitrogen and oxygen atoms in total. The Morgan fingerprint density at radius 3 is 2.62 bits per heavy atom. The third-order valence-corrected chi connectivity index (χ3v) is 3.45. The summed E-state index contributed by atoms with van der Waals surface area (Å²) in [7, 11) is 0. The average Bonchev–Trinajstić information content (AvgIpc) is 3.13. The summed E-state index contributed by atoms with van der Waals surface area (Å²) in [5.74, 6) is 0.897. The lowest BCUT2D eigenvalue weighted by molar-refractivity contribution is 0.0334. The van der Waals surface area contributed by atoms with Gasteiger partial charge in [-0.1, -0.05) is 5.11 Å². The standard InChI is InChI=1S/C11H20N4O/c12-14-13-5-6-15(9-10-1-2-10)11-3-7-16-8-4-11/h10-11H,1-9H2. The Hall–Kier alpha value is -0.770. The van der Waals surface area contributed by atoms with Crippen LogP contribution >= 0.6 is 0 Å². The predicted molar refractivity (Wildman–Crippen MR) is 62.2 cm³/mol. The van der Waals surface area contributed by atoms with Crippen LogP contribution in [-0.2, 0) is 4.74 Å². The molecule has 0 bridgehead atoms. The molecule has 5 heteroatoms. The van der Waals surface area contributed by atoms with E-state index in [1.807, 2.05) is 0 Å². The van der Waals surface area contributed by atoms with Crippen LogP contribution in [0, 0.1) is 5.92 Å². The van der Waals surface area contributed by atoms with Crippen molar-refractivity contribution in [3.05, 3.63) is 10.4 Å². The van der Waals surface area contributed by atoms with E-state index in [1.165, 1.54) is 19.4 Å². The van der Waals surface area contributed by atoms with Gasteiger partial charge < -0.3 is 4.74 Å². The lowest BCUT2D eigenvalue weighted by Crippen LogP contribution is -2.42. The second kappa shape index (κ2) is 6.09. The Kier molecular flexibility index (Phi) is 4.45. The van der Waals surface area contributed by atoms with Crippen LogP contribution in [0.4, 0.5) is 0 Å². The van der Waals surface area contributed by atoms with Gasteiger partial charge in [0, 0.05) is 43.8 Å². The minimum atomic E-state index is 0.598. The summed E-state index contributed by atoms with van der Waals surface area (Å²) in [4.78, 5) is 5.33. The van der Waals surface area contributed by atoms with Gasteiger partial charge in [0.05, 0.1) is 0 Å². The molecule has 0 amide bonds. The summed E-state index contributed by atoms with van der Waals surface area (Å²) in [5, 5.41) is 3.64. The molecule has 2 rings (SSSR count). The van der Waals surface area contributed by atoms with Gasteiger partial charge in [-0.15, -0.1) is 0 Å². The quantitative estimate of drug-likeness (QED) is 0.394. The summed E-state index contributed by atoms with van der Waals surface area (Å²) in [6.45, 7) is 4.46. The number of rotatable bonds is 6. The van der Waals surface area contributed by atoms with Crippen molar-refractivity contribution in [1.29, 1.82) is 0 Å². The molecule has 90 valence electrons. The highest BCUT2D eigenvalue weighted by Gasteiger charge is 2.28. The summed E-state index contributed by atoms with van der Waals surface area (Å²) < 4.78 is 5.39. The first kappa shape index (κ1) is 11.7. The van der Waals surface area contributed by atoms with Gasteiger partial charge in [-0.3, -0.25) is 4.90 Å². The van der Waals surface area contributed by atoms with Crippen molar-refractivity contribution in [2.45, 2.75) is 31.7 Å². The van der Waals surface area contributed by atoms with Gasteiger partial charge in [-0.2, -0.15) is 0 Å². The van der Waals surface area contributed by atoms with E-state index < -0.39 is 0 Å². The molecule has 2 aliphatic rings. The fraction of sp³-hybridized carbons (Fsp3) is 1.00. The average molecular weight is 224 g/mol. The molecule has 0 spiro atoms. The Morgan fingerprint density at radius 1 is 1.25 bits per heavy atom. The van der Waals surface area contributed by atoms with Gasteiger partial charge >= 0.3 is 0 Å². The number of nitrogens with zero attached hydrogens (tertiary/aromatic N) is 4. The SMILES string of the molecule is [N-]=[N+]=NCCN(CC1CC1)C1CCOCC1. The van der Waals surface area contributed by atoms with E-state index >= 15 is 0 Å². The van der Waals surface area contributed by atoms with Gasteiger partial charge in [0.2, 0.25) is 0 Å². The van der Waals surface area contributed by atoms with Crippen molar-refractivity contribution in [2.24, 2.45) is 11.0 Å². The van der Waals surface area contributed by atoms with Crippen molar-refractivity contribution < 1.29 is 4.74 Å². The summed E-state index contributed by atoms with van der Waals surface area (Å²) in [6, 6.07) is 0.642. The Morgan fingerprint density at radius 2 is 2.00 bits per heavy atom. The van der Waals surface area contributed by atoms with E-state index in [4.69, 9.17) is 10.3 Å². The minimum Gasteiger partial charge on any atom is -0.381 e. The van der Waals surface area contributed by atoms with Gasteiger partial charge in [0.1, 0.15) is 0 Å². The number of ether oxygens (including phenoxy) is 1. The fourth-order valence-electron chi connectivity index (χ4n) is 2.32. The largest absolute Gasteiger partial charge is 0.381 e. The van der Waals surface area contributed by atoms with Crippen molar-refractivity contribution >= 4 is 0 Å². The number of hydrogen-bond donors (Lipinski definition) is 0. The summed E-state index contributed by atoms with van der Waals surface area (Å²) in [6.07, 6.45) is 5.01. The summed E-state index contributed by atoms with van der Waals surface area (Å²) >= 11 is 0. The first-order valence-electron chi connectivity index (χ1n) is 6.23. The van der Waals surface area contributed by atoms with Gasteiger partial charge in [-0.25, -0.2) is 0 Å². The zero-order valence-corrected chi connectivity index (χ0v) is 9.72. The Balaban J connectivity index is 1.81. The van der Waals surface area contributed by atoms with E-state index in [9.17, 15) is 0 Å².